The molecule has 0 fully saturated rings. The Kier molecular flexibility index (Phi) is 8.05. The van der Waals surface area contributed by atoms with Gasteiger partial charge in [-0.05, 0) is 60.5 Å². The number of aromatic nitrogens is 1. The van der Waals surface area contributed by atoms with Crippen LogP contribution in [0.3, 0.4) is 0 Å². The van der Waals surface area contributed by atoms with Gasteiger partial charge in [0, 0.05) is 18.0 Å². The summed E-state index contributed by atoms with van der Waals surface area (Å²) < 4.78 is 39.6. The second-order valence-corrected chi connectivity index (χ2v) is 8.59. The summed E-state index contributed by atoms with van der Waals surface area (Å²) >= 11 is 0. The molecule has 0 unspecified atom stereocenters. The van der Waals surface area contributed by atoms with Crippen molar-refractivity contribution in [2.24, 2.45) is 0 Å². The largest absolute Gasteiger partial charge is 0.506 e. The number of aromatic amines is 1. The van der Waals surface area contributed by atoms with E-state index in [-0.39, 0.29) is 34.7 Å². The fourth-order valence-corrected chi connectivity index (χ4v) is 4.08. The summed E-state index contributed by atoms with van der Waals surface area (Å²) in [5.74, 6) is -2.84. The van der Waals surface area contributed by atoms with Gasteiger partial charge in [0.2, 0.25) is 5.56 Å². The molecule has 0 aliphatic carbocycles. The van der Waals surface area contributed by atoms with E-state index in [4.69, 9.17) is 9.47 Å². The molecule has 0 bridgehead atoms. The zero-order valence-electron chi connectivity index (χ0n) is 20.2. The molecule has 3 aromatic carbocycles. The van der Waals surface area contributed by atoms with Gasteiger partial charge in [0.1, 0.15) is 17.2 Å². The lowest BCUT2D eigenvalue weighted by Gasteiger charge is -2.20. The number of pyridine rings is 1. The second-order valence-electron chi connectivity index (χ2n) is 8.59. The number of hydrogen-bond acceptors (Lipinski definition) is 6. The normalized spacial score (nSPS) is 12.4. The van der Waals surface area contributed by atoms with Crippen LogP contribution in [-0.2, 0) is 12.3 Å². The maximum absolute atomic E-state index is 14.6. The minimum absolute atomic E-state index is 0.0625. The monoisotopic (exact) mass is 510 g/mol. The number of rotatable bonds is 11. The summed E-state index contributed by atoms with van der Waals surface area (Å²) in [7, 11) is 1.35. The number of phenolic OH excluding ortho intramolecular Hbond substituents is 1. The average molecular weight is 511 g/mol. The number of phenols is 1. The second kappa shape index (κ2) is 11.4. The molecule has 0 aliphatic rings. The molecule has 0 amide bonds. The Morgan fingerprint density at radius 3 is 2.54 bits per heavy atom. The van der Waals surface area contributed by atoms with Crippen molar-refractivity contribution in [2.45, 2.75) is 18.4 Å². The molecule has 37 heavy (non-hydrogen) atoms. The first kappa shape index (κ1) is 26.1. The van der Waals surface area contributed by atoms with Crippen molar-refractivity contribution in [3.63, 3.8) is 0 Å². The van der Waals surface area contributed by atoms with Crippen LogP contribution < -0.4 is 20.3 Å². The Hall–Kier alpha value is -3.95. The molecule has 0 saturated heterocycles. The van der Waals surface area contributed by atoms with Gasteiger partial charge in [-0.3, -0.25) is 4.79 Å². The molecule has 4 aromatic rings. The number of fused-ring (bicyclic) bond motifs is 1. The van der Waals surface area contributed by atoms with Gasteiger partial charge in [-0.2, -0.15) is 8.78 Å². The minimum Gasteiger partial charge on any atom is -0.506 e. The lowest BCUT2D eigenvalue weighted by molar-refractivity contribution is -0.0483. The molecule has 0 spiro atoms. The van der Waals surface area contributed by atoms with Gasteiger partial charge in [0.15, 0.2) is 6.61 Å². The van der Waals surface area contributed by atoms with Crippen molar-refractivity contribution in [1.29, 1.82) is 0 Å². The fraction of sp³-hybridized carbons (Fsp3) is 0.250. The number of halogens is 2. The van der Waals surface area contributed by atoms with Gasteiger partial charge >= 0.3 is 5.92 Å². The Balaban J connectivity index is 1.27. The minimum atomic E-state index is -3.21. The third-order valence-corrected chi connectivity index (χ3v) is 6.04. The highest BCUT2D eigenvalue weighted by atomic mass is 19.3. The molecule has 7 nitrogen and oxygen atoms in total. The smallest absolute Gasteiger partial charge is 0.310 e. The predicted octanol–water partition coefficient (Wildman–Crippen LogP) is 4.28. The molecule has 9 heteroatoms. The van der Waals surface area contributed by atoms with Gasteiger partial charge in [0.25, 0.3) is 0 Å². The van der Waals surface area contributed by atoms with E-state index in [1.165, 1.54) is 37.4 Å². The third-order valence-electron chi connectivity index (χ3n) is 6.04. The number of alkyl halides is 2. The Morgan fingerprint density at radius 2 is 1.78 bits per heavy atom. The number of para-hydroxylation sites is 1. The number of aromatic hydroxyl groups is 1. The zero-order chi connectivity index (χ0) is 26.4. The van der Waals surface area contributed by atoms with E-state index in [1.807, 2.05) is 0 Å². The maximum atomic E-state index is 14.6. The molecule has 4 N–H and O–H groups in total. The summed E-state index contributed by atoms with van der Waals surface area (Å²) in [6.07, 6.45) is -0.205. The number of H-pyrrole nitrogens is 1. The van der Waals surface area contributed by atoms with Crippen LogP contribution in [0.25, 0.3) is 10.9 Å². The lowest BCUT2D eigenvalue weighted by Crippen LogP contribution is -2.24. The number of benzene rings is 3. The van der Waals surface area contributed by atoms with Crippen LogP contribution in [0.5, 0.6) is 17.2 Å². The number of hydrogen-bond donors (Lipinski definition) is 4. The van der Waals surface area contributed by atoms with Crippen LogP contribution in [0.4, 0.5) is 8.78 Å². The van der Waals surface area contributed by atoms with E-state index in [0.29, 0.717) is 29.7 Å². The molecule has 1 atom stereocenters. The van der Waals surface area contributed by atoms with Crippen molar-refractivity contribution < 1.29 is 28.5 Å². The third kappa shape index (κ3) is 6.25. The molecule has 0 radical (unpaired) electrons. The molecule has 0 saturated carbocycles. The first-order valence-corrected chi connectivity index (χ1v) is 11.8. The van der Waals surface area contributed by atoms with E-state index < -0.39 is 18.6 Å². The fourth-order valence-electron chi connectivity index (χ4n) is 4.08. The van der Waals surface area contributed by atoms with Crippen LogP contribution in [0, 0.1) is 0 Å². The first-order chi connectivity index (χ1) is 17.8. The van der Waals surface area contributed by atoms with Crippen LogP contribution >= 0.6 is 0 Å². The molecular weight excluding hydrogens is 482 g/mol. The topological polar surface area (TPSA) is 104 Å². The Labute approximate surface area is 212 Å². The molecule has 0 aliphatic heterocycles. The van der Waals surface area contributed by atoms with E-state index in [2.05, 4.69) is 10.3 Å². The lowest BCUT2D eigenvalue weighted by atomic mass is 10.0. The summed E-state index contributed by atoms with van der Waals surface area (Å²) in [5, 5.41) is 24.4. The van der Waals surface area contributed by atoms with Crippen LogP contribution in [-0.4, -0.2) is 42.0 Å². The quantitative estimate of drug-likeness (QED) is 0.225. The number of aliphatic hydroxyl groups is 1. The van der Waals surface area contributed by atoms with Crippen molar-refractivity contribution in [1.82, 2.24) is 10.3 Å². The number of ether oxygens (including phenoxy) is 2. The van der Waals surface area contributed by atoms with E-state index in [1.54, 1.807) is 42.5 Å². The Morgan fingerprint density at radius 1 is 1.03 bits per heavy atom. The highest BCUT2D eigenvalue weighted by molar-refractivity contribution is 5.87. The van der Waals surface area contributed by atoms with E-state index in [0.717, 1.165) is 5.56 Å². The molecule has 194 valence electrons. The standard InChI is InChI=1S/C28H28F2N2O5/c1-36-25-5-3-2-4-22(25)28(29,30)17-37-19-8-6-18(7-9-19)14-15-31-16-24(34)20-10-12-23(33)27-21(20)11-13-26(35)32-27/h2-13,24,31,33-34H,14-17H2,1H3,(H,32,35)/t24-/m0/s1. The van der Waals surface area contributed by atoms with Crippen molar-refractivity contribution in [3.05, 3.63) is 99.8 Å². The van der Waals surface area contributed by atoms with Crippen LogP contribution in [0.2, 0.25) is 0 Å². The molecule has 4 rings (SSSR count). The van der Waals surface area contributed by atoms with Crippen molar-refractivity contribution in [3.8, 4) is 17.2 Å². The first-order valence-electron chi connectivity index (χ1n) is 11.8. The SMILES string of the molecule is COc1ccccc1C(F)(F)COc1ccc(CCNC[C@H](O)c2ccc(O)c3[nH]c(=O)ccc23)cc1. The summed E-state index contributed by atoms with van der Waals surface area (Å²) in [6.45, 7) is 0.0141. The van der Waals surface area contributed by atoms with Crippen LogP contribution in [0.15, 0.2) is 77.6 Å². The van der Waals surface area contributed by atoms with Crippen LogP contribution in [0.1, 0.15) is 22.8 Å². The molecule has 1 heterocycles. The van der Waals surface area contributed by atoms with E-state index in [9.17, 15) is 23.8 Å². The Bertz CT molecular complexity index is 1410. The van der Waals surface area contributed by atoms with Gasteiger partial charge in [-0.1, -0.05) is 30.3 Å². The van der Waals surface area contributed by atoms with Gasteiger partial charge in [0.05, 0.1) is 24.3 Å². The maximum Gasteiger partial charge on any atom is 0.310 e. The molecule has 1 aromatic heterocycles. The van der Waals surface area contributed by atoms with Gasteiger partial charge in [-0.25, -0.2) is 0 Å². The summed E-state index contributed by atoms with van der Waals surface area (Å²) in [6, 6.07) is 18.8. The van der Waals surface area contributed by atoms with Gasteiger partial charge in [-0.15, -0.1) is 0 Å². The molecular formula is C28H28F2N2O5. The zero-order valence-corrected chi connectivity index (χ0v) is 20.2. The highest BCUT2D eigenvalue weighted by Gasteiger charge is 2.35. The summed E-state index contributed by atoms with van der Waals surface area (Å²) in [4.78, 5) is 14.1. The number of nitrogens with one attached hydrogen (secondary N) is 2. The highest BCUT2D eigenvalue weighted by Crippen LogP contribution is 2.35. The van der Waals surface area contributed by atoms with Crippen molar-refractivity contribution in [2.75, 3.05) is 26.8 Å². The average Bonchev–Trinajstić information content (AvgIpc) is 2.91. The van der Waals surface area contributed by atoms with E-state index >= 15 is 0 Å². The number of aliphatic hydroxyl groups excluding tert-OH is 1. The predicted molar refractivity (Wildman–Crippen MR) is 137 cm³/mol. The van der Waals surface area contributed by atoms with Gasteiger partial charge < -0.3 is 30.0 Å². The summed E-state index contributed by atoms with van der Waals surface area (Å²) in [5.41, 5.74) is 1.28. The van der Waals surface area contributed by atoms with Crippen molar-refractivity contribution >= 4 is 10.9 Å². The number of methoxy groups -OCH3 is 1.